The summed E-state index contributed by atoms with van der Waals surface area (Å²) in [7, 11) is -3.73. The molecule has 3 aromatic carbocycles. The molecule has 6 nitrogen and oxygen atoms in total. The summed E-state index contributed by atoms with van der Waals surface area (Å²) in [5, 5.41) is 2.75. The number of rotatable bonds is 7. The molecule has 0 aliphatic heterocycles. The van der Waals surface area contributed by atoms with Crippen LogP contribution in [0.3, 0.4) is 0 Å². The van der Waals surface area contributed by atoms with Crippen LogP contribution in [-0.4, -0.2) is 20.4 Å². The van der Waals surface area contributed by atoms with Crippen molar-refractivity contribution < 1.29 is 17.9 Å². The van der Waals surface area contributed by atoms with Gasteiger partial charge in [-0.2, -0.15) is 0 Å². The van der Waals surface area contributed by atoms with E-state index < -0.39 is 16.1 Å². The Hall–Kier alpha value is -3.32. The third kappa shape index (κ3) is 5.64. The highest BCUT2D eigenvalue weighted by Crippen LogP contribution is 2.22. The van der Waals surface area contributed by atoms with Crippen molar-refractivity contribution in [3.8, 4) is 5.75 Å². The summed E-state index contributed by atoms with van der Waals surface area (Å²) in [6.07, 6.45) is -0.715. The summed E-state index contributed by atoms with van der Waals surface area (Å²) >= 11 is 0. The Morgan fingerprint density at radius 3 is 2.23 bits per heavy atom. The zero-order valence-corrected chi connectivity index (χ0v) is 18.8. The van der Waals surface area contributed by atoms with E-state index >= 15 is 0 Å². The lowest BCUT2D eigenvalue weighted by molar-refractivity contribution is -0.122. The molecule has 31 heavy (non-hydrogen) atoms. The van der Waals surface area contributed by atoms with Crippen LogP contribution in [-0.2, 0) is 14.8 Å². The molecule has 0 spiro atoms. The first-order chi connectivity index (χ1) is 14.7. The van der Waals surface area contributed by atoms with E-state index in [1.807, 2.05) is 51.1 Å². The first-order valence-electron chi connectivity index (χ1n) is 9.89. The molecule has 0 unspecified atom stereocenters. The molecule has 0 radical (unpaired) electrons. The summed E-state index contributed by atoms with van der Waals surface area (Å²) in [5.41, 5.74) is 3.91. The molecule has 1 atom stereocenters. The molecule has 7 heteroatoms. The summed E-state index contributed by atoms with van der Waals surface area (Å²) in [6, 6.07) is 18.9. The minimum absolute atomic E-state index is 0.105. The van der Waals surface area contributed by atoms with Crippen LogP contribution >= 0.6 is 0 Å². The minimum Gasteiger partial charge on any atom is -0.481 e. The summed E-state index contributed by atoms with van der Waals surface area (Å²) in [6.45, 7) is 7.42. The third-order valence-electron chi connectivity index (χ3n) is 4.82. The molecule has 0 fully saturated rings. The van der Waals surface area contributed by atoms with Gasteiger partial charge >= 0.3 is 0 Å². The van der Waals surface area contributed by atoms with E-state index in [0.717, 1.165) is 16.7 Å². The van der Waals surface area contributed by atoms with Gasteiger partial charge in [-0.15, -0.1) is 0 Å². The van der Waals surface area contributed by atoms with Crippen LogP contribution in [0.4, 0.5) is 11.4 Å². The Morgan fingerprint density at radius 1 is 0.903 bits per heavy atom. The standard InChI is InChI=1S/C24H26N2O4S/c1-16-9-14-23(18(3)15-16)30-19(4)24(27)25-20-10-12-21(13-11-20)31(28,29)26-22-8-6-5-7-17(22)2/h5-15,19,26H,1-4H3,(H,25,27)/t19-/m1/s1. The Labute approximate surface area is 183 Å². The van der Waals surface area contributed by atoms with Gasteiger partial charge in [0.2, 0.25) is 0 Å². The minimum atomic E-state index is -3.73. The second-order valence-electron chi connectivity index (χ2n) is 7.46. The summed E-state index contributed by atoms with van der Waals surface area (Å²) < 4.78 is 33.6. The zero-order chi connectivity index (χ0) is 22.6. The van der Waals surface area contributed by atoms with Gasteiger partial charge in [0, 0.05) is 5.69 Å². The number of benzene rings is 3. The van der Waals surface area contributed by atoms with E-state index in [-0.39, 0.29) is 10.8 Å². The van der Waals surface area contributed by atoms with Crippen molar-refractivity contribution in [2.45, 2.75) is 38.7 Å². The van der Waals surface area contributed by atoms with Crippen LogP contribution < -0.4 is 14.8 Å². The molecule has 2 N–H and O–H groups in total. The maximum Gasteiger partial charge on any atom is 0.265 e. The quantitative estimate of drug-likeness (QED) is 0.554. The molecule has 0 aromatic heterocycles. The molecular weight excluding hydrogens is 412 g/mol. The van der Waals surface area contributed by atoms with Crippen molar-refractivity contribution in [3.05, 3.63) is 83.4 Å². The van der Waals surface area contributed by atoms with E-state index in [9.17, 15) is 13.2 Å². The number of carbonyl (C=O) groups excluding carboxylic acids is 1. The summed E-state index contributed by atoms with van der Waals surface area (Å²) in [4.78, 5) is 12.6. The second-order valence-corrected chi connectivity index (χ2v) is 9.15. The van der Waals surface area contributed by atoms with Crippen molar-refractivity contribution in [2.24, 2.45) is 0 Å². The van der Waals surface area contributed by atoms with E-state index in [0.29, 0.717) is 17.1 Å². The lowest BCUT2D eigenvalue weighted by Crippen LogP contribution is -2.30. The highest BCUT2D eigenvalue weighted by atomic mass is 32.2. The van der Waals surface area contributed by atoms with E-state index in [4.69, 9.17) is 4.74 Å². The number of aryl methyl sites for hydroxylation is 3. The highest BCUT2D eigenvalue weighted by molar-refractivity contribution is 7.92. The van der Waals surface area contributed by atoms with Gasteiger partial charge in [0.1, 0.15) is 5.75 Å². The fraction of sp³-hybridized carbons (Fsp3) is 0.208. The molecule has 162 valence electrons. The monoisotopic (exact) mass is 438 g/mol. The first-order valence-corrected chi connectivity index (χ1v) is 11.4. The maximum absolute atomic E-state index is 12.6. The number of sulfonamides is 1. The second kappa shape index (κ2) is 9.22. The number of nitrogens with one attached hydrogen (secondary N) is 2. The van der Waals surface area contributed by atoms with Crippen molar-refractivity contribution in [2.75, 3.05) is 10.0 Å². The van der Waals surface area contributed by atoms with Gasteiger partial charge in [0.15, 0.2) is 6.10 Å². The van der Waals surface area contributed by atoms with Gasteiger partial charge in [-0.1, -0.05) is 35.9 Å². The molecule has 1 amide bonds. The number of hydrogen-bond acceptors (Lipinski definition) is 4. The number of para-hydroxylation sites is 1. The largest absolute Gasteiger partial charge is 0.481 e. The number of amides is 1. The molecule has 0 heterocycles. The molecule has 3 rings (SSSR count). The Bertz CT molecular complexity index is 1190. The molecule has 3 aromatic rings. The summed E-state index contributed by atoms with van der Waals surface area (Å²) in [5.74, 6) is 0.325. The van der Waals surface area contributed by atoms with Gasteiger partial charge in [-0.05, 0) is 75.2 Å². The fourth-order valence-electron chi connectivity index (χ4n) is 3.03. The van der Waals surface area contributed by atoms with E-state index in [1.54, 1.807) is 31.2 Å². The van der Waals surface area contributed by atoms with Gasteiger partial charge in [-0.3, -0.25) is 9.52 Å². The lowest BCUT2D eigenvalue weighted by Gasteiger charge is -2.17. The molecule has 0 saturated carbocycles. The molecule has 0 bridgehead atoms. The predicted molar refractivity (Wildman–Crippen MR) is 123 cm³/mol. The van der Waals surface area contributed by atoms with Gasteiger partial charge in [-0.25, -0.2) is 8.42 Å². The molecule has 0 aliphatic rings. The Balaban J connectivity index is 1.65. The normalized spacial score (nSPS) is 12.1. The molecular formula is C24H26N2O4S. The van der Waals surface area contributed by atoms with Crippen LogP contribution in [0.5, 0.6) is 5.75 Å². The highest BCUT2D eigenvalue weighted by Gasteiger charge is 2.18. The van der Waals surface area contributed by atoms with E-state index in [1.165, 1.54) is 12.1 Å². The average Bonchev–Trinajstić information content (AvgIpc) is 2.72. The topological polar surface area (TPSA) is 84.5 Å². The fourth-order valence-corrected chi connectivity index (χ4v) is 4.16. The Morgan fingerprint density at radius 2 is 1.58 bits per heavy atom. The lowest BCUT2D eigenvalue weighted by atomic mass is 10.1. The number of hydrogen-bond donors (Lipinski definition) is 2. The van der Waals surface area contributed by atoms with Crippen LogP contribution in [0.25, 0.3) is 0 Å². The van der Waals surface area contributed by atoms with Gasteiger partial charge in [0.25, 0.3) is 15.9 Å². The van der Waals surface area contributed by atoms with Crippen molar-refractivity contribution in [1.29, 1.82) is 0 Å². The molecule has 0 aliphatic carbocycles. The van der Waals surface area contributed by atoms with Crippen LogP contribution in [0.15, 0.2) is 71.6 Å². The third-order valence-corrected chi connectivity index (χ3v) is 6.21. The first kappa shape index (κ1) is 22.4. The Kier molecular flexibility index (Phi) is 6.65. The van der Waals surface area contributed by atoms with Gasteiger partial charge < -0.3 is 10.1 Å². The van der Waals surface area contributed by atoms with Gasteiger partial charge in [0.05, 0.1) is 10.6 Å². The number of ether oxygens (including phenoxy) is 1. The molecule has 0 saturated heterocycles. The van der Waals surface area contributed by atoms with Crippen LogP contribution in [0.1, 0.15) is 23.6 Å². The van der Waals surface area contributed by atoms with Crippen LogP contribution in [0, 0.1) is 20.8 Å². The van der Waals surface area contributed by atoms with Crippen LogP contribution in [0.2, 0.25) is 0 Å². The zero-order valence-electron chi connectivity index (χ0n) is 18.0. The van der Waals surface area contributed by atoms with Crippen molar-refractivity contribution in [1.82, 2.24) is 0 Å². The van der Waals surface area contributed by atoms with Crippen molar-refractivity contribution >= 4 is 27.3 Å². The number of carbonyl (C=O) groups is 1. The van der Waals surface area contributed by atoms with Crippen molar-refractivity contribution in [3.63, 3.8) is 0 Å². The maximum atomic E-state index is 12.6. The average molecular weight is 439 g/mol. The smallest absolute Gasteiger partial charge is 0.265 e. The number of anilines is 2. The SMILES string of the molecule is Cc1ccc(O[C@H](C)C(=O)Nc2ccc(S(=O)(=O)Nc3ccccc3C)cc2)c(C)c1. The van der Waals surface area contributed by atoms with E-state index in [2.05, 4.69) is 10.0 Å². The predicted octanol–water partition coefficient (Wildman–Crippen LogP) is 4.82.